The Hall–Kier alpha value is -6.81. The fourth-order valence-corrected chi connectivity index (χ4v) is 7.37. The van der Waals surface area contributed by atoms with Gasteiger partial charge in [0.2, 0.25) is 0 Å². The van der Waals surface area contributed by atoms with Crippen LogP contribution in [-0.4, -0.2) is 74.2 Å². The Bertz CT molecular complexity index is 2910. The number of aryl methyl sites for hydroxylation is 1. The first kappa shape index (κ1) is 40.9. The van der Waals surface area contributed by atoms with E-state index in [9.17, 15) is 18.3 Å². The molecular weight excluding hydrogens is 800 g/mol. The number of pyridine rings is 3. The van der Waals surface area contributed by atoms with Gasteiger partial charge in [-0.3, -0.25) is 14.3 Å². The number of hydrogen-bond donors (Lipinski definition) is 2. The summed E-state index contributed by atoms with van der Waals surface area (Å²) >= 11 is 1.37. The number of halogens is 3. The maximum atomic E-state index is 13.3. The van der Waals surface area contributed by atoms with Crippen LogP contribution in [0.15, 0.2) is 145 Å². The van der Waals surface area contributed by atoms with Gasteiger partial charge in [0.1, 0.15) is 0 Å². The van der Waals surface area contributed by atoms with Crippen LogP contribution in [0.1, 0.15) is 12.0 Å². The minimum atomic E-state index is -4.47. The van der Waals surface area contributed by atoms with E-state index in [0.717, 1.165) is 56.4 Å². The summed E-state index contributed by atoms with van der Waals surface area (Å²) in [5.41, 5.74) is 8.33. The van der Waals surface area contributed by atoms with E-state index in [2.05, 4.69) is 54.4 Å². The van der Waals surface area contributed by atoms with E-state index >= 15 is 0 Å². The summed E-state index contributed by atoms with van der Waals surface area (Å²) in [5, 5.41) is 29.8. The Morgan fingerprint density at radius 1 is 0.623 bits per heavy atom. The van der Waals surface area contributed by atoms with E-state index in [1.54, 1.807) is 46.3 Å². The van der Waals surface area contributed by atoms with E-state index in [0.29, 0.717) is 58.5 Å². The molecular formula is C46H38F3N9O2S. The van der Waals surface area contributed by atoms with Crippen molar-refractivity contribution in [1.82, 2.24) is 44.5 Å². The summed E-state index contributed by atoms with van der Waals surface area (Å²) in [6, 6.07) is 33.1. The molecule has 9 rings (SSSR count). The van der Waals surface area contributed by atoms with Gasteiger partial charge in [-0.15, -0.1) is 0 Å². The van der Waals surface area contributed by atoms with Gasteiger partial charge in [-0.05, 0) is 60.2 Å². The lowest BCUT2D eigenvalue weighted by atomic mass is 9.90. The minimum Gasteiger partial charge on any atom is -0.396 e. The molecule has 306 valence electrons. The fourth-order valence-electron chi connectivity index (χ4n) is 7.01. The highest BCUT2D eigenvalue weighted by molar-refractivity contribution is 7.98. The molecule has 0 radical (unpaired) electrons. The summed E-state index contributed by atoms with van der Waals surface area (Å²) in [4.78, 5) is 22.5. The molecule has 0 fully saturated rings. The topological polar surface area (TPSA) is 141 Å². The van der Waals surface area contributed by atoms with Crippen LogP contribution >= 0.6 is 11.8 Å². The molecule has 6 aromatic heterocycles. The second-order valence-corrected chi connectivity index (χ2v) is 14.6. The number of alkyl halides is 3. The predicted molar refractivity (Wildman–Crippen MR) is 231 cm³/mol. The summed E-state index contributed by atoms with van der Waals surface area (Å²) < 4.78 is 43.3. The summed E-state index contributed by atoms with van der Waals surface area (Å²) in [7, 11) is 0. The Balaban J connectivity index is 0.000000168. The summed E-state index contributed by atoms with van der Waals surface area (Å²) in [5.74, 6) is 0. The molecule has 61 heavy (non-hydrogen) atoms. The van der Waals surface area contributed by atoms with Gasteiger partial charge in [-0.2, -0.15) is 23.4 Å². The summed E-state index contributed by atoms with van der Waals surface area (Å²) in [6.07, 6.45) is 6.90. The number of nitrogens with zero attached hydrogens (tertiary/aromatic N) is 9. The Kier molecular flexibility index (Phi) is 12.2. The van der Waals surface area contributed by atoms with Crippen molar-refractivity contribution in [1.29, 1.82) is 0 Å². The van der Waals surface area contributed by atoms with Gasteiger partial charge < -0.3 is 10.2 Å². The largest absolute Gasteiger partial charge is 0.416 e. The molecule has 0 bridgehead atoms. The standard InChI is InChI=1S/C25H20N4O.C21H18F3N5OS/c30-16-15-29-17-21-22(18-7-3-1-4-8-18)23(19-11-13-26-14-12-19)24(27-25(21)28-29)20-9-5-2-6-10-20;1-31-20-25-7-6-17(26-20)16-11-14-12-29(8-3-9-30)28-19(14)27-18(16)13-4-2-5-15(10-13)21(22,23)24/h1-14,17,30H,15-16H2;2,4-7,10-12,30H,3,8-9H2,1H3. The number of aromatic nitrogens is 9. The molecule has 0 aliphatic rings. The van der Waals surface area contributed by atoms with Crippen molar-refractivity contribution < 1.29 is 23.4 Å². The van der Waals surface area contributed by atoms with Crippen LogP contribution in [0.5, 0.6) is 0 Å². The molecule has 2 N–H and O–H groups in total. The lowest BCUT2D eigenvalue weighted by molar-refractivity contribution is -0.137. The number of rotatable bonds is 11. The Labute approximate surface area is 352 Å². The monoisotopic (exact) mass is 837 g/mol. The second-order valence-electron chi connectivity index (χ2n) is 13.8. The first-order valence-electron chi connectivity index (χ1n) is 19.3. The molecule has 6 heterocycles. The van der Waals surface area contributed by atoms with Crippen molar-refractivity contribution >= 4 is 33.8 Å². The lowest BCUT2D eigenvalue weighted by Gasteiger charge is -2.16. The maximum Gasteiger partial charge on any atom is 0.416 e. The van der Waals surface area contributed by atoms with Gasteiger partial charge in [-0.25, -0.2) is 19.9 Å². The molecule has 0 aliphatic carbocycles. The lowest BCUT2D eigenvalue weighted by Crippen LogP contribution is -2.05. The number of thioether (sulfide) groups is 1. The molecule has 9 aromatic rings. The normalized spacial score (nSPS) is 11.5. The highest BCUT2D eigenvalue weighted by atomic mass is 32.2. The van der Waals surface area contributed by atoms with Gasteiger partial charge in [0.05, 0.1) is 35.8 Å². The molecule has 0 aliphatic heterocycles. The van der Waals surface area contributed by atoms with Crippen LogP contribution in [0.25, 0.3) is 78.1 Å². The predicted octanol–water partition coefficient (Wildman–Crippen LogP) is 9.50. The van der Waals surface area contributed by atoms with Crippen molar-refractivity contribution in [2.75, 3.05) is 19.5 Å². The van der Waals surface area contributed by atoms with Gasteiger partial charge in [0, 0.05) is 82.7 Å². The van der Waals surface area contributed by atoms with Crippen LogP contribution in [0.3, 0.4) is 0 Å². The van der Waals surface area contributed by atoms with E-state index in [4.69, 9.17) is 10.1 Å². The Morgan fingerprint density at radius 2 is 1.30 bits per heavy atom. The highest BCUT2D eigenvalue weighted by Crippen LogP contribution is 2.43. The van der Waals surface area contributed by atoms with Crippen molar-refractivity contribution in [3.63, 3.8) is 0 Å². The molecule has 0 unspecified atom stereocenters. The third-order valence-electron chi connectivity index (χ3n) is 9.77. The van der Waals surface area contributed by atoms with E-state index in [-0.39, 0.29) is 13.2 Å². The zero-order chi connectivity index (χ0) is 42.3. The van der Waals surface area contributed by atoms with Gasteiger partial charge in [0.15, 0.2) is 16.5 Å². The molecule has 0 saturated carbocycles. The zero-order valence-corrected chi connectivity index (χ0v) is 33.6. The van der Waals surface area contributed by atoms with Crippen molar-refractivity contribution in [3.05, 3.63) is 146 Å². The molecule has 0 saturated heterocycles. The number of benzene rings is 3. The van der Waals surface area contributed by atoms with Crippen LogP contribution in [0.2, 0.25) is 0 Å². The molecule has 15 heteroatoms. The minimum absolute atomic E-state index is 0.0252. The molecule has 0 spiro atoms. The molecule has 0 amide bonds. The number of aliphatic hydroxyl groups excluding tert-OH is 2. The van der Waals surface area contributed by atoms with Gasteiger partial charge >= 0.3 is 6.18 Å². The average molecular weight is 838 g/mol. The van der Waals surface area contributed by atoms with E-state index in [1.165, 1.54) is 17.8 Å². The van der Waals surface area contributed by atoms with Crippen LogP contribution in [0, 0.1) is 0 Å². The zero-order valence-electron chi connectivity index (χ0n) is 32.8. The highest BCUT2D eigenvalue weighted by Gasteiger charge is 2.31. The van der Waals surface area contributed by atoms with E-state index < -0.39 is 11.7 Å². The summed E-state index contributed by atoms with van der Waals surface area (Å²) in [6.45, 7) is 0.987. The quantitative estimate of drug-likeness (QED) is 0.0956. The van der Waals surface area contributed by atoms with E-state index in [1.807, 2.05) is 67.0 Å². The number of aliphatic hydroxyl groups is 2. The molecule has 11 nitrogen and oxygen atoms in total. The average Bonchev–Trinajstić information content (AvgIpc) is 3.91. The third kappa shape index (κ3) is 9.04. The fraction of sp³-hybridized carbons (Fsp3) is 0.152. The van der Waals surface area contributed by atoms with Crippen molar-refractivity contribution in [3.8, 4) is 56.0 Å². The van der Waals surface area contributed by atoms with Crippen LogP contribution in [0.4, 0.5) is 13.2 Å². The number of fused-ring (bicyclic) bond motifs is 2. The van der Waals surface area contributed by atoms with Crippen molar-refractivity contribution in [2.45, 2.75) is 30.8 Å². The Morgan fingerprint density at radius 3 is 2.00 bits per heavy atom. The first-order valence-corrected chi connectivity index (χ1v) is 20.5. The van der Waals surface area contributed by atoms with Crippen LogP contribution in [-0.2, 0) is 19.3 Å². The second kappa shape index (κ2) is 18.2. The van der Waals surface area contributed by atoms with Gasteiger partial charge in [-0.1, -0.05) is 84.6 Å². The number of hydrogen-bond acceptors (Lipinski definition) is 10. The maximum absolute atomic E-state index is 13.3. The van der Waals surface area contributed by atoms with Crippen LogP contribution < -0.4 is 0 Å². The SMILES string of the molecule is CSc1nccc(-c2cc3cn(CCCO)nc3nc2-c2cccc(C(F)(F)F)c2)n1.OCCn1cc2c(-c3ccccc3)c(-c3ccncc3)c(-c3ccccc3)nc2n1. The van der Waals surface area contributed by atoms with Crippen molar-refractivity contribution in [2.24, 2.45) is 0 Å². The third-order valence-corrected chi connectivity index (χ3v) is 10.3. The molecule has 0 atom stereocenters. The first-order chi connectivity index (χ1) is 29.7. The van der Waals surface area contributed by atoms with Gasteiger partial charge in [0.25, 0.3) is 0 Å². The molecule has 3 aromatic carbocycles. The smallest absolute Gasteiger partial charge is 0.396 e.